The monoisotopic (exact) mass is 316 g/mol. The number of thiophene rings is 1. The van der Waals surface area contributed by atoms with Crippen molar-refractivity contribution in [1.29, 1.82) is 0 Å². The largest absolute Gasteiger partial charge is 0.294 e. The van der Waals surface area contributed by atoms with Crippen LogP contribution < -0.4 is 5.32 Å². The average Bonchev–Trinajstić information content (AvgIpc) is 2.83. The van der Waals surface area contributed by atoms with Crippen molar-refractivity contribution in [3.8, 4) is 0 Å². The molecule has 0 radical (unpaired) electrons. The third-order valence-corrected chi connectivity index (χ3v) is 6.97. The predicted octanol–water partition coefficient (Wildman–Crippen LogP) is 0.736. The van der Waals surface area contributed by atoms with Gasteiger partial charge in [-0.2, -0.15) is 4.31 Å². The van der Waals surface area contributed by atoms with Crippen LogP contribution in [0.5, 0.6) is 0 Å². The molecule has 2 amide bonds. The Balaban J connectivity index is 2.46. The smallest absolute Gasteiger partial charge is 0.254 e. The zero-order chi connectivity index (χ0) is 15.1. The van der Waals surface area contributed by atoms with Crippen LogP contribution in [-0.2, 0) is 26.0 Å². The van der Waals surface area contributed by atoms with Gasteiger partial charge in [-0.3, -0.25) is 14.9 Å². The van der Waals surface area contributed by atoms with Gasteiger partial charge in [-0.15, -0.1) is 11.3 Å². The topological polar surface area (TPSA) is 83.6 Å². The van der Waals surface area contributed by atoms with Crippen LogP contribution in [0.1, 0.15) is 25.6 Å². The second-order valence-corrected chi connectivity index (χ2v) is 8.28. The number of rotatable bonds is 3. The summed E-state index contributed by atoms with van der Waals surface area (Å²) in [6, 6.07) is 3.27. The Morgan fingerprint density at radius 1 is 1.35 bits per heavy atom. The van der Waals surface area contributed by atoms with Crippen molar-refractivity contribution in [3.05, 3.63) is 17.0 Å². The number of sulfonamides is 1. The summed E-state index contributed by atoms with van der Waals surface area (Å²) in [5.74, 6) is -1.21. The van der Waals surface area contributed by atoms with Gasteiger partial charge in [0.25, 0.3) is 10.0 Å². The average molecular weight is 316 g/mol. The van der Waals surface area contributed by atoms with E-state index in [4.69, 9.17) is 0 Å². The Bertz CT molecular complexity index is 661. The fourth-order valence-electron chi connectivity index (χ4n) is 1.94. The van der Waals surface area contributed by atoms with Crippen LogP contribution in [-0.4, -0.2) is 36.6 Å². The summed E-state index contributed by atoms with van der Waals surface area (Å²) in [6.45, 7) is 4.56. The Hall–Kier alpha value is -1.25. The number of aryl methyl sites for hydroxylation is 1. The van der Waals surface area contributed by atoms with Crippen LogP contribution in [0, 0.1) is 0 Å². The lowest BCUT2D eigenvalue weighted by atomic mass is 10.0. The molecule has 0 bridgehead atoms. The minimum atomic E-state index is -3.85. The van der Waals surface area contributed by atoms with E-state index in [1.807, 2.05) is 6.92 Å². The van der Waals surface area contributed by atoms with E-state index in [2.05, 4.69) is 5.32 Å². The molecule has 1 fully saturated rings. The molecule has 0 aromatic carbocycles. The maximum absolute atomic E-state index is 12.6. The Morgan fingerprint density at radius 2 is 2.00 bits per heavy atom. The maximum Gasteiger partial charge on any atom is 0.254 e. The van der Waals surface area contributed by atoms with Crippen molar-refractivity contribution in [2.45, 2.75) is 36.9 Å². The Kier molecular flexibility index (Phi) is 3.74. The third kappa shape index (κ3) is 2.38. The fourth-order valence-corrected chi connectivity index (χ4v) is 5.06. The number of carbonyl (C=O) groups is 2. The Labute approximate surface area is 121 Å². The van der Waals surface area contributed by atoms with Gasteiger partial charge < -0.3 is 0 Å². The molecule has 2 heterocycles. The van der Waals surface area contributed by atoms with E-state index in [9.17, 15) is 18.0 Å². The molecule has 2 rings (SSSR count). The molecular formula is C12H16N2O4S2. The van der Waals surface area contributed by atoms with E-state index in [1.165, 1.54) is 19.9 Å². The lowest BCUT2D eigenvalue weighted by molar-refractivity contribution is -0.141. The van der Waals surface area contributed by atoms with E-state index in [0.717, 1.165) is 26.9 Å². The zero-order valence-corrected chi connectivity index (χ0v) is 13.1. The minimum Gasteiger partial charge on any atom is -0.294 e. The van der Waals surface area contributed by atoms with Gasteiger partial charge in [0.05, 0.1) is 6.54 Å². The number of hydrogen-bond donors (Lipinski definition) is 1. The van der Waals surface area contributed by atoms with Gasteiger partial charge in [-0.1, -0.05) is 6.92 Å². The van der Waals surface area contributed by atoms with Crippen molar-refractivity contribution < 1.29 is 18.0 Å². The van der Waals surface area contributed by atoms with Crippen molar-refractivity contribution in [2.75, 3.05) is 6.54 Å². The quantitative estimate of drug-likeness (QED) is 0.834. The predicted molar refractivity (Wildman–Crippen MR) is 74.8 cm³/mol. The molecule has 1 aromatic heterocycles. The van der Waals surface area contributed by atoms with E-state index < -0.39 is 27.4 Å². The molecule has 1 aliphatic heterocycles. The molecule has 110 valence electrons. The minimum absolute atomic E-state index is 0.157. The number of hydrogen-bond acceptors (Lipinski definition) is 5. The van der Waals surface area contributed by atoms with Crippen LogP contribution in [0.15, 0.2) is 16.3 Å². The number of amides is 2. The molecule has 8 heteroatoms. The molecule has 0 spiro atoms. The molecule has 6 nitrogen and oxygen atoms in total. The molecule has 1 aliphatic rings. The highest BCUT2D eigenvalue weighted by atomic mass is 32.2. The summed E-state index contributed by atoms with van der Waals surface area (Å²) >= 11 is 1.16. The van der Waals surface area contributed by atoms with Crippen LogP contribution in [0.3, 0.4) is 0 Å². The highest BCUT2D eigenvalue weighted by Crippen LogP contribution is 2.31. The van der Waals surface area contributed by atoms with Crippen LogP contribution in [0.2, 0.25) is 0 Å². The first-order valence-electron chi connectivity index (χ1n) is 6.15. The summed E-state index contributed by atoms with van der Waals surface area (Å²) in [4.78, 5) is 24.3. The normalized spacial score (nSPS) is 19.9. The van der Waals surface area contributed by atoms with E-state index >= 15 is 0 Å². The molecule has 1 N–H and O–H groups in total. The summed E-state index contributed by atoms with van der Waals surface area (Å²) in [7, 11) is -3.85. The van der Waals surface area contributed by atoms with E-state index in [-0.39, 0.29) is 10.8 Å². The molecule has 1 saturated heterocycles. The number of piperazine rings is 1. The summed E-state index contributed by atoms with van der Waals surface area (Å²) < 4.78 is 26.4. The van der Waals surface area contributed by atoms with E-state index in [0.29, 0.717) is 0 Å². The second-order valence-electron chi connectivity index (χ2n) is 5.02. The van der Waals surface area contributed by atoms with Crippen molar-refractivity contribution in [1.82, 2.24) is 9.62 Å². The third-order valence-electron chi connectivity index (χ3n) is 3.25. The molecule has 0 aliphatic carbocycles. The number of nitrogens with zero attached hydrogens (tertiary/aromatic N) is 1. The van der Waals surface area contributed by atoms with Gasteiger partial charge in [0.2, 0.25) is 11.8 Å². The number of imide groups is 1. The maximum atomic E-state index is 12.6. The molecular weight excluding hydrogens is 300 g/mol. The molecule has 0 saturated carbocycles. The van der Waals surface area contributed by atoms with E-state index in [1.54, 1.807) is 6.07 Å². The first-order chi connectivity index (χ1) is 9.19. The van der Waals surface area contributed by atoms with Gasteiger partial charge in [-0.05, 0) is 32.4 Å². The second kappa shape index (κ2) is 4.94. The van der Waals surface area contributed by atoms with Crippen LogP contribution in [0.4, 0.5) is 0 Å². The molecule has 0 unspecified atom stereocenters. The highest BCUT2D eigenvalue weighted by molar-refractivity contribution is 7.91. The molecule has 0 atom stereocenters. The van der Waals surface area contributed by atoms with Gasteiger partial charge in [0.1, 0.15) is 9.75 Å². The lowest BCUT2D eigenvalue weighted by Crippen LogP contribution is -2.65. The molecule has 20 heavy (non-hydrogen) atoms. The van der Waals surface area contributed by atoms with Gasteiger partial charge >= 0.3 is 0 Å². The summed E-state index contributed by atoms with van der Waals surface area (Å²) in [5, 5.41) is 2.16. The van der Waals surface area contributed by atoms with Crippen LogP contribution in [0.25, 0.3) is 0 Å². The molecule has 1 aromatic rings. The van der Waals surface area contributed by atoms with Gasteiger partial charge in [-0.25, -0.2) is 8.42 Å². The standard InChI is InChI=1S/C12H16N2O4S2/c1-4-8-5-6-10(19-8)20(17,18)14-7-9(15)13-11(16)12(14,2)3/h5-6H,4,7H2,1-3H3,(H,13,15,16). The lowest BCUT2D eigenvalue weighted by Gasteiger charge is -2.38. The highest BCUT2D eigenvalue weighted by Gasteiger charge is 2.47. The van der Waals surface area contributed by atoms with Crippen LogP contribution >= 0.6 is 11.3 Å². The Morgan fingerprint density at radius 3 is 2.55 bits per heavy atom. The fraction of sp³-hybridized carbons (Fsp3) is 0.500. The summed E-state index contributed by atoms with van der Waals surface area (Å²) in [5.41, 5.74) is -1.29. The summed E-state index contributed by atoms with van der Waals surface area (Å²) in [6.07, 6.45) is 0.739. The first-order valence-corrected chi connectivity index (χ1v) is 8.41. The van der Waals surface area contributed by atoms with Gasteiger partial charge in [0, 0.05) is 4.88 Å². The van der Waals surface area contributed by atoms with Crippen molar-refractivity contribution in [3.63, 3.8) is 0 Å². The SMILES string of the molecule is CCc1ccc(S(=O)(=O)N2CC(=O)NC(=O)C2(C)C)s1. The van der Waals surface area contributed by atoms with Crippen molar-refractivity contribution in [2.24, 2.45) is 0 Å². The van der Waals surface area contributed by atoms with Gasteiger partial charge in [0.15, 0.2) is 0 Å². The first kappa shape index (κ1) is 15.1. The number of carbonyl (C=O) groups excluding carboxylic acids is 2. The number of nitrogens with one attached hydrogen (secondary N) is 1. The van der Waals surface area contributed by atoms with Crippen molar-refractivity contribution >= 4 is 33.2 Å². The zero-order valence-electron chi connectivity index (χ0n) is 11.5.